The number of rotatable bonds is 8. The number of amides is 4. The van der Waals surface area contributed by atoms with Crippen molar-refractivity contribution in [3.05, 3.63) is 72.1 Å². The van der Waals surface area contributed by atoms with E-state index in [1.807, 2.05) is 56.5 Å². The van der Waals surface area contributed by atoms with Gasteiger partial charge in [-0.3, -0.25) is 19.2 Å². The summed E-state index contributed by atoms with van der Waals surface area (Å²) in [6.07, 6.45) is 3.00. The van der Waals surface area contributed by atoms with E-state index in [0.29, 0.717) is 48.9 Å². The molecule has 1 aliphatic heterocycles. The summed E-state index contributed by atoms with van der Waals surface area (Å²) < 4.78 is 1.76. The highest BCUT2D eigenvalue weighted by atomic mass is 32.2. The van der Waals surface area contributed by atoms with E-state index in [1.165, 1.54) is 0 Å². The van der Waals surface area contributed by atoms with Gasteiger partial charge in [0.25, 0.3) is 5.91 Å². The molecular weight excluding hydrogens is 578 g/mol. The van der Waals surface area contributed by atoms with E-state index in [4.69, 9.17) is 10.1 Å². The minimum atomic E-state index is -0.699. The average Bonchev–Trinajstić information content (AvgIpc) is 3.46. The molecule has 0 spiro atoms. The molecule has 3 aromatic rings. The van der Waals surface area contributed by atoms with E-state index in [-0.39, 0.29) is 49.1 Å². The first-order valence-corrected chi connectivity index (χ1v) is 16.4. The van der Waals surface area contributed by atoms with Crippen molar-refractivity contribution < 1.29 is 19.2 Å². The largest absolute Gasteiger partial charge is 0.344 e. The van der Waals surface area contributed by atoms with Gasteiger partial charge in [-0.1, -0.05) is 62.4 Å². The zero-order valence-corrected chi connectivity index (χ0v) is 26.3. The Morgan fingerprint density at radius 1 is 1.00 bits per heavy atom. The van der Waals surface area contributed by atoms with E-state index < -0.39 is 12.1 Å². The third kappa shape index (κ3) is 8.91. The second kappa shape index (κ2) is 16.0. The van der Waals surface area contributed by atoms with Crippen LogP contribution in [0.3, 0.4) is 0 Å². The molecule has 0 saturated carbocycles. The van der Waals surface area contributed by atoms with Gasteiger partial charge in [-0.05, 0) is 42.9 Å². The van der Waals surface area contributed by atoms with Crippen molar-refractivity contribution in [2.75, 3.05) is 31.6 Å². The maximum absolute atomic E-state index is 13.5. The summed E-state index contributed by atoms with van der Waals surface area (Å²) in [5, 5.41) is 13.6. The van der Waals surface area contributed by atoms with Crippen molar-refractivity contribution in [1.29, 1.82) is 0 Å². The Morgan fingerprint density at radius 2 is 1.70 bits per heavy atom. The number of hydrogen-bond donors (Lipinski definition) is 3. The van der Waals surface area contributed by atoms with Gasteiger partial charge >= 0.3 is 0 Å². The minimum absolute atomic E-state index is 0.0405. The average molecular weight is 620 g/mol. The van der Waals surface area contributed by atoms with Gasteiger partial charge in [-0.25, -0.2) is 9.67 Å². The summed E-state index contributed by atoms with van der Waals surface area (Å²) in [4.78, 5) is 58.9. The Kier molecular flexibility index (Phi) is 11.9. The first-order chi connectivity index (χ1) is 21.3. The molecule has 2 atom stereocenters. The van der Waals surface area contributed by atoms with Crippen molar-refractivity contribution in [1.82, 2.24) is 35.6 Å². The fraction of sp³-hybridized carbons (Fsp3) is 0.438. The lowest BCUT2D eigenvalue weighted by molar-refractivity contribution is -0.131. The maximum Gasteiger partial charge on any atom is 0.251 e. The van der Waals surface area contributed by atoms with Crippen molar-refractivity contribution in [3.63, 3.8) is 0 Å². The first kappa shape index (κ1) is 32.7. The Hall–Kier alpha value is -4.19. The summed E-state index contributed by atoms with van der Waals surface area (Å²) in [6, 6.07) is 17.1. The zero-order valence-electron chi connectivity index (χ0n) is 25.5. The zero-order chi connectivity index (χ0) is 31.5. The quantitative estimate of drug-likeness (QED) is 0.352. The molecule has 11 nitrogen and oxygen atoms in total. The van der Waals surface area contributed by atoms with Crippen LogP contribution in [0.5, 0.6) is 0 Å². The molecule has 0 saturated heterocycles. The molecule has 2 aromatic carbocycles. The maximum atomic E-state index is 13.5. The summed E-state index contributed by atoms with van der Waals surface area (Å²) >= 11 is 1.61. The molecule has 0 fully saturated rings. The van der Waals surface area contributed by atoms with Crippen LogP contribution >= 0.6 is 11.8 Å². The Labute approximate surface area is 262 Å². The molecule has 234 valence electrons. The lowest BCUT2D eigenvalue weighted by atomic mass is 10.0. The SMILES string of the molecule is CSCC[C@@H]1NC(=O)CCCN(C(=O)CNC(=O)c2ccccc2)CCn2nc(-c3ccccc3)nc2[C@@H](C(C)C)NC1=O. The molecule has 0 radical (unpaired) electrons. The second-order valence-electron chi connectivity index (χ2n) is 11.0. The number of fused-ring (bicyclic) bond motifs is 1. The Morgan fingerprint density at radius 3 is 2.39 bits per heavy atom. The minimum Gasteiger partial charge on any atom is -0.344 e. The molecule has 2 heterocycles. The first-order valence-electron chi connectivity index (χ1n) is 15.0. The number of benzene rings is 2. The molecule has 12 heteroatoms. The smallest absolute Gasteiger partial charge is 0.251 e. The third-order valence-corrected chi connectivity index (χ3v) is 8.08. The molecule has 1 aromatic heterocycles. The lowest BCUT2D eigenvalue weighted by Gasteiger charge is -2.28. The van der Waals surface area contributed by atoms with Gasteiger partial charge in [0.15, 0.2) is 11.6 Å². The predicted octanol–water partition coefficient (Wildman–Crippen LogP) is 3.05. The molecule has 44 heavy (non-hydrogen) atoms. The van der Waals surface area contributed by atoms with Crippen LogP contribution in [0.1, 0.15) is 55.3 Å². The highest BCUT2D eigenvalue weighted by molar-refractivity contribution is 7.98. The number of nitrogens with zero attached hydrogens (tertiary/aromatic N) is 4. The number of carbonyl (C=O) groups is 4. The van der Waals surface area contributed by atoms with E-state index in [0.717, 1.165) is 5.56 Å². The fourth-order valence-electron chi connectivity index (χ4n) is 4.98. The van der Waals surface area contributed by atoms with Crippen molar-refractivity contribution in [2.45, 2.75) is 51.7 Å². The topological polar surface area (TPSA) is 138 Å². The van der Waals surface area contributed by atoms with Crippen molar-refractivity contribution >= 4 is 35.4 Å². The predicted molar refractivity (Wildman–Crippen MR) is 171 cm³/mol. The van der Waals surface area contributed by atoms with Crippen LogP contribution in [0.25, 0.3) is 11.4 Å². The Balaban J connectivity index is 1.63. The van der Waals surface area contributed by atoms with Gasteiger partial charge in [0.05, 0.1) is 19.1 Å². The van der Waals surface area contributed by atoms with Crippen LogP contribution in [-0.2, 0) is 20.9 Å². The van der Waals surface area contributed by atoms with Crippen LogP contribution < -0.4 is 16.0 Å². The van der Waals surface area contributed by atoms with Crippen LogP contribution in [0.15, 0.2) is 60.7 Å². The van der Waals surface area contributed by atoms with E-state index in [2.05, 4.69) is 16.0 Å². The van der Waals surface area contributed by atoms with Gasteiger partial charge in [0, 0.05) is 30.6 Å². The number of carbonyl (C=O) groups excluding carboxylic acids is 4. The molecule has 0 unspecified atom stereocenters. The third-order valence-electron chi connectivity index (χ3n) is 7.44. The van der Waals surface area contributed by atoms with Crippen LogP contribution in [-0.4, -0.2) is 81.0 Å². The molecule has 1 aliphatic rings. The number of hydrogen-bond acceptors (Lipinski definition) is 7. The molecule has 3 N–H and O–H groups in total. The van der Waals surface area contributed by atoms with Gasteiger partial charge in [-0.15, -0.1) is 0 Å². The summed E-state index contributed by atoms with van der Waals surface area (Å²) in [6.45, 7) is 4.71. The monoisotopic (exact) mass is 619 g/mol. The second-order valence-corrected chi connectivity index (χ2v) is 12.0. The fourth-order valence-corrected chi connectivity index (χ4v) is 5.45. The van der Waals surface area contributed by atoms with Crippen LogP contribution in [0.4, 0.5) is 0 Å². The Bertz CT molecular complexity index is 1410. The summed E-state index contributed by atoms with van der Waals surface area (Å²) in [5.74, 6) is 0.649. The van der Waals surface area contributed by atoms with Gasteiger partial charge in [0.2, 0.25) is 17.7 Å². The normalized spacial score (nSPS) is 18.1. The molecular formula is C32H41N7O4S. The summed E-state index contributed by atoms with van der Waals surface area (Å²) in [7, 11) is 0. The molecule has 0 aliphatic carbocycles. The number of thioether (sulfide) groups is 1. The number of nitrogens with one attached hydrogen (secondary N) is 3. The molecule has 4 rings (SSSR count). The molecule has 0 bridgehead atoms. The van der Waals surface area contributed by atoms with Crippen molar-refractivity contribution in [2.24, 2.45) is 5.92 Å². The van der Waals surface area contributed by atoms with Crippen LogP contribution in [0.2, 0.25) is 0 Å². The van der Waals surface area contributed by atoms with E-state index in [1.54, 1.807) is 45.6 Å². The lowest BCUT2D eigenvalue weighted by Crippen LogP contribution is -2.49. The number of aromatic nitrogens is 3. The van der Waals surface area contributed by atoms with Gasteiger partial charge < -0.3 is 20.9 Å². The van der Waals surface area contributed by atoms with Gasteiger partial charge in [-0.2, -0.15) is 16.9 Å². The van der Waals surface area contributed by atoms with E-state index >= 15 is 0 Å². The van der Waals surface area contributed by atoms with Gasteiger partial charge in [0.1, 0.15) is 6.04 Å². The van der Waals surface area contributed by atoms with E-state index in [9.17, 15) is 19.2 Å². The standard InChI is InChI=1S/C32H41N7O4S/c1-22(2)28-30-36-29(23-11-6-4-7-12-23)37-39(30)19-18-38(27(41)21-33-31(42)24-13-8-5-9-14-24)17-10-15-26(40)34-25(16-20-44-3)32(43)35-28/h4-9,11-14,22,25,28H,10,15-21H2,1-3H3,(H,33,42)(H,34,40)(H,35,43)/t25-,28+/m0/s1. The van der Waals surface area contributed by atoms with Crippen molar-refractivity contribution in [3.8, 4) is 11.4 Å². The highest BCUT2D eigenvalue weighted by Crippen LogP contribution is 2.24. The van der Waals surface area contributed by atoms with Crippen LogP contribution in [0, 0.1) is 5.92 Å². The highest BCUT2D eigenvalue weighted by Gasteiger charge is 2.30. The summed E-state index contributed by atoms with van der Waals surface area (Å²) in [5.41, 5.74) is 1.30. The molecule has 4 amide bonds.